The number of aromatic nitrogens is 4. The third-order valence-corrected chi connectivity index (χ3v) is 11.2. The van der Waals surface area contributed by atoms with Crippen LogP contribution in [0, 0.1) is 18.5 Å². The van der Waals surface area contributed by atoms with Gasteiger partial charge in [-0.25, -0.2) is 4.98 Å². The predicted molar refractivity (Wildman–Crippen MR) is 240 cm³/mol. The van der Waals surface area contributed by atoms with Gasteiger partial charge in [0, 0.05) is 56.7 Å². The van der Waals surface area contributed by atoms with Gasteiger partial charge in [0.15, 0.2) is 0 Å². The zero-order chi connectivity index (χ0) is 40.9. The summed E-state index contributed by atoms with van der Waals surface area (Å²) < 4.78 is 12.8. The number of pyridine rings is 1. The molecule has 0 radical (unpaired) electrons. The van der Waals surface area contributed by atoms with E-state index >= 15 is 0 Å². The van der Waals surface area contributed by atoms with Gasteiger partial charge in [-0.2, -0.15) is 18.2 Å². The summed E-state index contributed by atoms with van der Waals surface area (Å²) in [4.78, 5) is 4.77. The molecule has 0 bridgehead atoms. The van der Waals surface area contributed by atoms with E-state index in [-0.39, 0.29) is 31.9 Å². The molecule has 3 aromatic heterocycles. The third-order valence-electron chi connectivity index (χ3n) is 11.2. The second-order valence-corrected chi connectivity index (χ2v) is 17.3. The van der Waals surface area contributed by atoms with Crippen LogP contribution < -0.4 is 9.30 Å². The molecule has 0 aliphatic rings. The van der Waals surface area contributed by atoms with Crippen LogP contribution in [0.2, 0.25) is 0 Å². The van der Waals surface area contributed by atoms with Crippen LogP contribution in [0.15, 0.2) is 152 Å². The molecule has 0 fully saturated rings. The molecule has 60 heavy (non-hydrogen) atoms. The number of hydrogen-bond acceptors (Lipinski definition) is 2. The molecule has 0 unspecified atom stereocenters. The molecule has 6 aromatic carbocycles. The van der Waals surface area contributed by atoms with Crippen molar-refractivity contribution in [3.63, 3.8) is 0 Å². The molecule has 5 nitrogen and oxygen atoms in total. The first kappa shape index (κ1) is 40.7. The van der Waals surface area contributed by atoms with E-state index in [1.165, 1.54) is 22.3 Å². The maximum atomic E-state index is 6.52. The maximum Gasteiger partial charge on any atom is 0.267 e. The summed E-state index contributed by atoms with van der Waals surface area (Å²) in [7, 11) is 0. The Balaban J connectivity index is 0.00000499. The van der Waals surface area contributed by atoms with Crippen LogP contribution in [-0.2, 0) is 38.3 Å². The standard InChI is InChI=1S/C54H48N4O.Pt/c1-8-37-26-27-55-51(30-37)58-49-23-13-12-20-47(49)48-25-24-44(35-50(48)58)59-43-19-14-18-42(34-43)56-28-29-57(36-56)52-45(38-16-10-9-11-17-38)21-15-22-46(52)39-31-40(53(2,3)4)33-41(32-39)54(5,6)7;/h9-33H,8H2,1-7H3;/q-2;. The number of aryl methyl sites for hydroxylation is 1. The quantitative estimate of drug-likeness (QED) is 0.112. The SMILES string of the molecule is CCc1ccnc(-n2c3[c-]c(Oc4[c-]c(-n5[c-][n+](-c6c(-c7ccccc7)cccc6-c6cc(C(C)(C)C)cc(C(C)(C)C)c6)cc5)ccc4)ccc3c3ccccc32)c1.[Pt]. The second-order valence-electron chi connectivity index (χ2n) is 17.3. The molecule has 302 valence electrons. The van der Waals surface area contributed by atoms with E-state index in [4.69, 9.17) is 9.72 Å². The monoisotopic (exact) mass is 963 g/mol. The molecule has 0 amide bonds. The van der Waals surface area contributed by atoms with Crippen LogP contribution in [0.25, 0.3) is 61.3 Å². The van der Waals surface area contributed by atoms with Crippen molar-refractivity contribution in [2.75, 3.05) is 0 Å². The minimum Gasteiger partial charge on any atom is -0.510 e. The zero-order valence-corrected chi connectivity index (χ0v) is 37.4. The van der Waals surface area contributed by atoms with Gasteiger partial charge in [0.05, 0.1) is 5.69 Å². The summed E-state index contributed by atoms with van der Waals surface area (Å²) in [5.74, 6) is 2.05. The van der Waals surface area contributed by atoms with E-state index in [1.807, 2.05) is 41.2 Å². The van der Waals surface area contributed by atoms with Crippen LogP contribution in [0.4, 0.5) is 0 Å². The molecule has 0 saturated heterocycles. The van der Waals surface area contributed by atoms with Crippen molar-refractivity contribution >= 4 is 21.8 Å². The largest absolute Gasteiger partial charge is 0.510 e. The molecule has 0 N–H and O–H groups in total. The first-order valence-electron chi connectivity index (χ1n) is 20.4. The molecule has 0 aliphatic carbocycles. The Morgan fingerprint density at radius 3 is 2.07 bits per heavy atom. The predicted octanol–water partition coefficient (Wildman–Crippen LogP) is 12.9. The minimum absolute atomic E-state index is 0. The summed E-state index contributed by atoms with van der Waals surface area (Å²) in [6, 6.07) is 54.1. The van der Waals surface area contributed by atoms with Gasteiger partial charge in [-0.15, -0.1) is 29.7 Å². The fourth-order valence-corrected chi connectivity index (χ4v) is 7.84. The number of hydrogen-bond donors (Lipinski definition) is 0. The molecule has 9 rings (SSSR count). The summed E-state index contributed by atoms with van der Waals surface area (Å²) in [5.41, 5.74) is 12.3. The van der Waals surface area contributed by atoms with E-state index in [0.717, 1.165) is 62.1 Å². The van der Waals surface area contributed by atoms with Gasteiger partial charge in [-0.1, -0.05) is 139 Å². The third kappa shape index (κ3) is 7.87. The summed E-state index contributed by atoms with van der Waals surface area (Å²) >= 11 is 0. The zero-order valence-electron chi connectivity index (χ0n) is 35.2. The van der Waals surface area contributed by atoms with Crippen molar-refractivity contribution in [1.29, 1.82) is 0 Å². The number of rotatable bonds is 8. The first-order chi connectivity index (χ1) is 28.4. The smallest absolute Gasteiger partial charge is 0.267 e. The Morgan fingerprint density at radius 2 is 1.33 bits per heavy atom. The van der Waals surface area contributed by atoms with E-state index < -0.39 is 0 Å². The molecule has 0 spiro atoms. The summed E-state index contributed by atoms with van der Waals surface area (Å²) in [6.45, 7) is 15.9. The van der Waals surface area contributed by atoms with Crippen LogP contribution in [0.5, 0.6) is 11.5 Å². The normalized spacial score (nSPS) is 11.8. The van der Waals surface area contributed by atoms with Crippen LogP contribution >= 0.6 is 0 Å². The second kappa shape index (κ2) is 16.2. The Morgan fingerprint density at radius 1 is 0.650 bits per heavy atom. The number of nitrogens with zero attached hydrogens (tertiary/aromatic N) is 4. The topological polar surface area (TPSA) is 35.9 Å². The molecule has 9 aromatic rings. The molecule has 3 heterocycles. The van der Waals surface area contributed by atoms with Crippen molar-refractivity contribution in [2.24, 2.45) is 0 Å². The molecule has 0 saturated carbocycles. The van der Waals surface area contributed by atoms with E-state index in [1.54, 1.807) is 0 Å². The van der Waals surface area contributed by atoms with Gasteiger partial charge in [0.1, 0.15) is 5.82 Å². The molecule has 0 atom stereocenters. The summed E-state index contributed by atoms with van der Waals surface area (Å²) in [5, 5.41) is 2.24. The minimum atomic E-state index is -0.0154. The average molecular weight is 964 g/mol. The van der Waals surface area contributed by atoms with Gasteiger partial charge in [0.2, 0.25) is 0 Å². The molecule has 6 heteroatoms. The van der Waals surface area contributed by atoms with Gasteiger partial charge < -0.3 is 13.9 Å². The Hall–Kier alpha value is -6.03. The van der Waals surface area contributed by atoms with Crippen molar-refractivity contribution in [3.05, 3.63) is 187 Å². The van der Waals surface area contributed by atoms with E-state index in [9.17, 15) is 0 Å². The Kier molecular flexibility index (Phi) is 11.0. The van der Waals surface area contributed by atoms with E-state index in [2.05, 4.69) is 191 Å². The fourth-order valence-electron chi connectivity index (χ4n) is 7.84. The average Bonchev–Trinajstić information content (AvgIpc) is 3.86. The van der Waals surface area contributed by atoms with Gasteiger partial charge >= 0.3 is 0 Å². The van der Waals surface area contributed by atoms with Crippen molar-refractivity contribution in [2.45, 2.75) is 65.7 Å². The number of ether oxygens (including phenoxy) is 1. The Bertz CT molecular complexity index is 2950. The van der Waals surface area contributed by atoms with Crippen molar-refractivity contribution < 1.29 is 30.4 Å². The van der Waals surface area contributed by atoms with Gasteiger partial charge in [-0.05, 0) is 85.5 Å². The van der Waals surface area contributed by atoms with Gasteiger partial charge in [0.25, 0.3) is 6.33 Å². The molecular formula is C54H48N4OPt-2. The fraction of sp³-hybridized carbons (Fsp3) is 0.185. The number of imidazole rings is 1. The van der Waals surface area contributed by atoms with Crippen LogP contribution in [-0.4, -0.2) is 14.1 Å². The van der Waals surface area contributed by atoms with E-state index in [0.29, 0.717) is 11.5 Å². The summed E-state index contributed by atoms with van der Waals surface area (Å²) in [6.07, 6.45) is 10.6. The number of fused-ring (bicyclic) bond motifs is 3. The van der Waals surface area contributed by atoms with Crippen molar-refractivity contribution in [3.8, 4) is 50.9 Å². The maximum absolute atomic E-state index is 6.52. The van der Waals surface area contributed by atoms with Crippen LogP contribution in [0.1, 0.15) is 65.2 Å². The molecular weight excluding hydrogens is 916 g/mol. The first-order valence-corrected chi connectivity index (χ1v) is 20.4. The molecule has 0 aliphatic heterocycles. The van der Waals surface area contributed by atoms with Crippen molar-refractivity contribution in [1.82, 2.24) is 14.1 Å². The number of para-hydroxylation sites is 2. The van der Waals surface area contributed by atoms with Crippen LogP contribution in [0.3, 0.4) is 0 Å². The number of benzene rings is 6. The Labute approximate surface area is 368 Å². The van der Waals surface area contributed by atoms with Gasteiger partial charge in [-0.3, -0.25) is 4.57 Å².